The van der Waals surface area contributed by atoms with Crippen molar-refractivity contribution >= 4 is 17.0 Å². The van der Waals surface area contributed by atoms with Gasteiger partial charge in [-0.1, -0.05) is 6.92 Å². The summed E-state index contributed by atoms with van der Waals surface area (Å²) < 4.78 is 11.4. The summed E-state index contributed by atoms with van der Waals surface area (Å²) in [5, 5.41) is 11.2. The van der Waals surface area contributed by atoms with Gasteiger partial charge in [0.1, 0.15) is 11.9 Å². The van der Waals surface area contributed by atoms with Crippen molar-refractivity contribution in [1.82, 2.24) is 19.9 Å². The highest BCUT2D eigenvalue weighted by atomic mass is 16.5. The fourth-order valence-corrected chi connectivity index (χ4v) is 3.72. The molecule has 0 aromatic carbocycles. The Labute approximate surface area is 146 Å². The number of aromatic nitrogens is 3. The lowest BCUT2D eigenvalue weighted by Gasteiger charge is -2.34. The van der Waals surface area contributed by atoms with E-state index in [1.807, 2.05) is 6.92 Å². The highest BCUT2D eigenvalue weighted by Crippen LogP contribution is 2.26. The molecule has 1 N–H and O–H groups in total. The van der Waals surface area contributed by atoms with Gasteiger partial charge in [0.15, 0.2) is 17.2 Å². The fourth-order valence-electron chi connectivity index (χ4n) is 3.72. The van der Waals surface area contributed by atoms with Gasteiger partial charge < -0.3 is 24.1 Å². The maximum absolute atomic E-state index is 11.2. The van der Waals surface area contributed by atoms with E-state index in [0.29, 0.717) is 62.2 Å². The number of oxazole rings is 1. The van der Waals surface area contributed by atoms with E-state index in [4.69, 9.17) is 9.15 Å². The standard InChI is InChI=1S/C17H25N5O3/c1-2-13-20-14-15(18-12-19-16(14)25-13)22-7-8-24-11-17(23,10-22)9-21-5-3-4-6-21/h12,23H,2-11H2,1H3/t17-/m1/s1. The second-order valence-corrected chi connectivity index (χ2v) is 6.99. The van der Waals surface area contributed by atoms with Crippen LogP contribution in [0.15, 0.2) is 10.7 Å². The maximum atomic E-state index is 11.2. The first kappa shape index (κ1) is 16.7. The summed E-state index contributed by atoms with van der Waals surface area (Å²) in [5.74, 6) is 1.36. The van der Waals surface area contributed by atoms with Crippen molar-refractivity contribution in [2.45, 2.75) is 31.8 Å². The van der Waals surface area contributed by atoms with Crippen molar-refractivity contribution in [2.24, 2.45) is 0 Å². The van der Waals surface area contributed by atoms with Crippen LogP contribution in [-0.4, -0.2) is 76.5 Å². The zero-order chi connectivity index (χ0) is 17.3. The number of likely N-dealkylation sites (tertiary alicyclic amines) is 1. The van der Waals surface area contributed by atoms with Crippen LogP contribution in [0.25, 0.3) is 11.2 Å². The Balaban J connectivity index is 1.61. The van der Waals surface area contributed by atoms with Crippen molar-refractivity contribution in [3.8, 4) is 0 Å². The molecule has 25 heavy (non-hydrogen) atoms. The summed E-state index contributed by atoms with van der Waals surface area (Å²) in [5.41, 5.74) is 0.231. The third-order valence-corrected chi connectivity index (χ3v) is 4.90. The molecule has 2 saturated heterocycles. The van der Waals surface area contributed by atoms with Crippen molar-refractivity contribution in [3.63, 3.8) is 0 Å². The highest BCUT2D eigenvalue weighted by Gasteiger charge is 2.36. The number of anilines is 1. The summed E-state index contributed by atoms with van der Waals surface area (Å²) >= 11 is 0. The van der Waals surface area contributed by atoms with Crippen LogP contribution in [0, 0.1) is 0 Å². The van der Waals surface area contributed by atoms with Gasteiger partial charge in [0.25, 0.3) is 5.71 Å². The monoisotopic (exact) mass is 347 g/mol. The average molecular weight is 347 g/mol. The van der Waals surface area contributed by atoms with Gasteiger partial charge in [-0.25, -0.2) is 9.97 Å². The van der Waals surface area contributed by atoms with Crippen molar-refractivity contribution in [2.75, 3.05) is 50.8 Å². The molecule has 8 nitrogen and oxygen atoms in total. The molecule has 4 rings (SSSR count). The SMILES string of the molecule is CCc1nc2c(N3CCOC[C@@](O)(CN4CCCC4)C3)ncnc2o1. The molecule has 2 aromatic heterocycles. The number of rotatable bonds is 4. The lowest BCUT2D eigenvalue weighted by atomic mass is 10.0. The molecule has 0 bridgehead atoms. The van der Waals surface area contributed by atoms with Gasteiger partial charge in [0.2, 0.25) is 0 Å². The van der Waals surface area contributed by atoms with Crippen LogP contribution >= 0.6 is 0 Å². The predicted octanol–water partition coefficient (Wildman–Crippen LogP) is 0.844. The van der Waals surface area contributed by atoms with Gasteiger partial charge in [0, 0.05) is 19.5 Å². The summed E-state index contributed by atoms with van der Waals surface area (Å²) in [4.78, 5) is 17.5. The van der Waals surface area contributed by atoms with E-state index in [1.54, 1.807) is 0 Å². The number of ether oxygens (including phenoxy) is 1. The number of hydrogen-bond acceptors (Lipinski definition) is 8. The van der Waals surface area contributed by atoms with E-state index in [-0.39, 0.29) is 0 Å². The molecule has 0 radical (unpaired) electrons. The average Bonchev–Trinajstić information content (AvgIpc) is 3.22. The van der Waals surface area contributed by atoms with Crippen LogP contribution in [0.4, 0.5) is 5.82 Å². The minimum Gasteiger partial charge on any atom is -0.422 e. The van der Waals surface area contributed by atoms with E-state index in [2.05, 4.69) is 24.8 Å². The first-order valence-corrected chi connectivity index (χ1v) is 9.05. The first-order valence-electron chi connectivity index (χ1n) is 9.05. The molecule has 4 heterocycles. The summed E-state index contributed by atoms with van der Waals surface area (Å²) in [6.45, 7) is 6.71. The summed E-state index contributed by atoms with van der Waals surface area (Å²) in [6.07, 6.45) is 4.60. The highest BCUT2D eigenvalue weighted by molar-refractivity contribution is 5.81. The van der Waals surface area contributed by atoms with E-state index in [0.717, 1.165) is 13.1 Å². The van der Waals surface area contributed by atoms with Crippen molar-refractivity contribution in [3.05, 3.63) is 12.2 Å². The molecule has 2 aliphatic heterocycles. The molecular formula is C17H25N5O3. The Morgan fingerprint density at radius 3 is 2.88 bits per heavy atom. The number of fused-ring (bicyclic) bond motifs is 1. The molecule has 0 saturated carbocycles. The van der Waals surface area contributed by atoms with Gasteiger partial charge in [-0.05, 0) is 25.9 Å². The Kier molecular flexibility index (Phi) is 4.58. The molecule has 1 atom stereocenters. The van der Waals surface area contributed by atoms with Crippen LogP contribution in [0.3, 0.4) is 0 Å². The Hall–Kier alpha value is -1.77. The number of aryl methyl sites for hydroxylation is 1. The fraction of sp³-hybridized carbons (Fsp3) is 0.706. The Bertz CT molecular complexity index is 730. The second kappa shape index (κ2) is 6.86. The van der Waals surface area contributed by atoms with Crippen LogP contribution < -0.4 is 4.90 Å². The minimum atomic E-state index is -0.921. The van der Waals surface area contributed by atoms with E-state index >= 15 is 0 Å². The van der Waals surface area contributed by atoms with Gasteiger partial charge >= 0.3 is 0 Å². The maximum Gasteiger partial charge on any atom is 0.252 e. The lowest BCUT2D eigenvalue weighted by Crippen LogP contribution is -2.52. The van der Waals surface area contributed by atoms with Crippen molar-refractivity contribution in [1.29, 1.82) is 0 Å². The summed E-state index contributed by atoms with van der Waals surface area (Å²) in [7, 11) is 0. The van der Waals surface area contributed by atoms with Gasteiger partial charge in [-0.15, -0.1) is 0 Å². The molecule has 8 heteroatoms. The molecule has 0 spiro atoms. The molecule has 0 amide bonds. The zero-order valence-electron chi connectivity index (χ0n) is 14.6. The van der Waals surface area contributed by atoms with Crippen LogP contribution in [0.1, 0.15) is 25.7 Å². The number of aliphatic hydroxyl groups is 1. The predicted molar refractivity (Wildman–Crippen MR) is 92.6 cm³/mol. The van der Waals surface area contributed by atoms with E-state index < -0.39 is 5.60 Å². The van der Waals surface area contributed by atoms with Crippen LogP contribution in [0.2, 0.25) is 0 Å². The Morgan fingerprint density at radius 2 is 2.08 bits per heavy atom. The number of nitrogens with zero attached hydrogens (tertiary/aromatic N) is 5. The third-order valence-electron chi connectivity index (χ3n) is 4.90. The van der Waals surface area contributed by atoms with E-state index in [9.17, 15) is 5.11 Å². The normalized spacial score (nSPS) is 25.6. The minimum absolute atomic E-state index is 0.341. The molecule has 136 valence electrons. The smallest absolute Gasteiger partial charge is 0.252 e. The zero-order valence-corrected chi connectivity index (χ0v) is 14.6. The van der Waals surface area contributed by atoms with Crippen molar-refractivity contribution < 1.29 is 14.3 Å². The molecule has 0 aliphatic carbocycles. The van der Waals surface area contributed by atoms with Gasteiger partial charge in [0.05, 0.1) is 19.8 Å². The van der Waals surface area contributed by atoms with Gasteiger partial charge in [-0.3, -0.25) is 0 Å². The van der Waals surface area contributed by atoms with Crippen LogP contribution in [-0.2, 0) is 11.2 Å². The molecular weight excluding hydrogens is 322 g/mol. The summed E-state index contributed by atoms with van der Waals surface area (Å²) in [6, 6.07) is 0. The molecule has 0 unspecified atom stereocenters. The second-order valence-electron chi connectivity index (χ2n) is 6.99. The quantitative estimate of drug-likeness (QED) is 0.871. The molecule has 2 aromatic rings. The number of hydrogen-bond donors (Lipinski definition) is 1. The Morgan fingerprint density at radius 1 is 1.24 bits per heavy atom. The molecule has 2 fully saturated rings. The third kappa shape index (κ3) is 3.47. The van der Waals surface area contributed by atoms with Gasteiger partial charge in [-0.2, -0.15) is 4.98 Å². The largest absolute Gasteiger partial charge is 0.422 e. The molecule has 2 aliphatic rings. The van der Waals surface area contributed by atoms with E-state index in [1.165, 1.54) is 19.2 Å². The first-order chi connectivity index (χ1) is 12.2. The topological polar surface area (TPSA) is 87.8 Å². The number of β-amino-alcohol motifs (C(OH)–C–C–N with tert-alkyl or cyclic N) is 1. The lowest BCUT2D eigenvalue weighted by molar-refractivity contribution is -0.0439. The van der Waals surface area contributed by atoms with Crippen LogP contribution in [0.5, 0.6) is 0 Å².